The highest BCUT2D eigenvalue weighted by Gasteiger charge is 2.59. The van der Waals surface area contributed by atoms with Crippen molar-refractivity contribution in [1.82, 2.24) is 19.4 Å². The van der Waals surface area contributed by atoms with Crippen molar-refractivity contribution >= 4 is 18.1 Å². The lowest BCUT2D eigenvalue weighted by atomic mass is 9.83. The third-order valence-electron chi connectivity index (χ3n) is 11.3. The average molecular weight is 627 g/mol. The molecule has 242 valence electrons. The van der Waals surface area contributed by atoms with Crippen LogP contribution in [-0.4, -0.2) is 68.7 Å². The molecule has 6 heterocycles. The molecule has 2 saturated heterocycles. The van der Waals surface area contributed by atoms with Gasteiger partial charge in [-0.2, -0.15) is 0 Å². The second-order valence-electron chi connectivity index (χ2n) is 13.9. The van der Waals surface area contributed by atoms with Crippen molar-refractivity contribution in [2.75, 3.05) is 26.2 Å². The highest BCUT2D eigenvalue weighted by molar-refractivity contribution is 5.85. The minimum absolute atomic E-state index is 0.143. The van der Waals surface area contributed by atoms with Gasteiger partial charge in [0.15, 0.2) is 5.60 Å². The fourth-order valence-corrected chi connectivity index (χ4v) is 8.55. The van der Waals surface area contributed by atoms with Gasteiger partial charge >= 0.3 is 12.1 Å². The average Bonchev–Trinajstić information content (AvgIpc) is 3.76. The van der Waals surface area contributed by atoms with Gasteiger partial charge in [0.1, 0.15) is 12.4 Å². The molecule has 3 atom stereocenters. The van der Waals surface area contributed by atoms with Crippen LogP contribution in [0.15, 0.2) is 28.8 Å². The summed E-state index contributed by atoms with van der Waals surface area (Å²) in [4.78, 5) is 49.6. The van der Waals surface area contributed by atoms with Gasteiger partial charge in [-0.05, 0) is 81.3 Å². The number of ether oxygens (including phenoxy) is 2. The number of hydrogen-bond donors (Lipinski definition) is 1. The molecule has 0 bridgehead atoms. The number of pyridine rings is 2. The molecule has 3 fully saturated rings. The smallest absolute Gasteiger partial charge is 0.415 e. The van der Waals surface area contributed by atoms with Crippen molar-refractivity contribution in [2.24, 2.45) is 11.8 Å². The van der Waals surface area contributed by atoms with E-state index in [1.54, 1.807) is 10.6 Å². The van der Waals surface area contributed by atoms with Gasteiger partial charge in [-0.3, -0.25) is 4.79 Å². The van der Waals surface area contributed by atoms with Gasteiger partial charge in [-0.15, -0.1) is 0 Å². The van der Waals surface area contributed by atoms with E-state index in [0.29, 0.717) is 73.2 Å². The highest BCUT2D eigenvalue weighted by atomic mass is 16.6. The molecule has 2 aromatic rings. The Kier molecular flexibility index (Phi) is 7.21. The first-order valence-electron chi connectivity index (χ1n) is 17.1. The Morgan fingerprint density at radius 2 is 1.89 bits per heavy atom. The monoisotopic (exact) mass is 626 g/mol. The SMILES string of the molecule is CCc1c2c(nc3c1Cn1c-3cc3c(c1=O)COC(=O)[C@]3(O)C1CC1C)CC=CC(OC(=O)N1CCC(N3CCCCC3)CC1)=C2. The summed E-state index contributed by atoms with van der Waals surface area (Å²) >= 11 is 0. The number of hydrogen-bond acceptors (Lipinski definition) is 8. The Labute approximate surface area is 268 Å². The summed E-state index contributed by atoms with van der Waals surface area (Å²) in [6, 6.07) is 2.35. The van der Waals surface area contributed by atoms with Crippen LogP contribution in [-0.2, 0) is 45.9 Å². The van der Waals surface area contributed by atoms with E-state index in [9.17, 15) is 19.5 Å². The molecule has 8 rings (SSSR count). The molecule has 0 aromatic carbocycles. The number of aliphatic hydroxyl groups is 1. The standard InChI is InChI=1S/C36H42N4O6/c1-3-24-25-17-23(46-35(43)39-14-10-22(11-15-39)38-12-5-4-6-13-38)8-7-9-30(25)37-32-26(24)19-40-31(32)18-29-27(33(40)41)20-45-34(42)36(29,44)28-16-21(28)2/h7-8,17-18,21-22,28,44H,3-6,9-16,19-20H2,1-2H3/t21?,28?,36-/m0/s1. The zero-order valence-corrected chi connectivity index (χ0v) is 26.7. The maximum absolute atomic E-state index is 13.8. The lowest BCUT2D eigenvalue weighted by molar-refractivity contribution is -0.175. The summed E-state index contributed by atoms with van der Waals surface area (Å²) in [5.74, 6) is -0.294. The first-order valence-corrected chi connectivity index (χ1v) is 17.1. The zero-order chi connectivity index (χ0) is 31.7. The fourth-order valence-electron chi connectivity index (χ4n) is 8.55. The molecule has 4 aliphatic heterocycles. The van der Waals surface area contributed by atoms with Crippen LogP contribution in [0.1, 0.15) is 85.9 Å². The maximum atomic E-state index is 13.8. The maximum Gasteiger partial charge on any atom is 0.415 e. The van der Waals surface area contributed by atoms with Crippen LogP contribution in [0.3, 0.4) is 0 Å². The van der Waals surface area contributed by atoms with E-state index < -0.39 is 11.6 Å². The molecule has 0 radical (unpaired) electrons. The molecule has 10 nitrogen and oxygen atoms in total. The molecule has 2 aliphatic carbocycles. The topological polar surface area (TPSA) is 114 Å². The Balaban J connectivity index is 1.08. The number of amides is 1. The molecule has 2 unspecified atom stereocenters. The lowest BCUT2D eigenvalue weighted by Gasteiger charge is -2.39. The minimum atomic E-state index is -1.82. The Hall–Kier alpha value is -3.76. The third-order valence-corrected chi connectivity index (χ3v) is 11.3. The van der Waals surface area contributed by atoms with Crippen LogP contribution in [0, 0.1) is 11.8 Å². The number of piperidine rings is 2. The van der Waals surface area contributed by atoms with E-state index in [1.807, 2.05) is 30.1 Å². The van der Waals surface area contributed by atoms with Gasteiger partial charge in [0.05, 0.1) is 29.2 Å². The molecule has 1 N–H and O–H groups in total. The van der Waals surface area contributed by atoms with Crippen molar-refractivity contribution in [3.05, 3.63) is 67.8 Å². The molecule has 6 aliphatic rings. The summed E-state index contributed by atoms with van der Waals surface area (Å²) in [6.07, 6.45) is 13.2. The molecular formula is C36H42N4O6. The van der Waals surface area contributed by atoms with Crippen LogP contribution >= 0.6 is 0 Å². The predicted molar refractivity (Wildman–Crippen MR) is 171 cm³/mol. The number of rotatable bonds is 4. The van der Waals surface area contributed by atoms with Crippen LogP contribution < -0.4 is 5.56 Å². The van der Waals surface area contributed by atoms with Gasteiger partial charge in [-0.1, -0.05) is 26.3 Å². The number of cyclic esters (lactones) is 1. The van der Waals surface area contributed by atoms with E-state index in [-0.39, 0.29) is 30.1 Å². The van der Waals surface area contributed by atoms with Crippen LogP contribution in [0.4, 0.5) is 4.79 Å². The summed E-state index contributed by atoms with van der Waals surface area (Å²) < 4.78 is 13.0. The number of carbonyl (C=O) groups is 2. The largest absolute Gasteiger partial charge is 0.458 e. The second kappa shape index (κ2) is 11.2. The van der Waals surface area contributed by atoms with Crippen molar-refractivity contribution in [1.29, 1.82) is 0 Å². The van der Waals surface area contributed by atoms with Crippen molar-refractivity contribution < 1.29 is 24.2 Å². The molecule has 1 saturated carbocycles. The predicted octanol–water partition coefficient (Wildman–Crippen LogP) is 4.27. The van der Waals surface area contributed by atoms with Gasteiger partial charge in [0.25, 0.3) is 5.56 Å². The van der Waals surface area contributed by atoms with Crippen molar-refractivity contribution in [2.45, 2.75) is 90.0 Å². The van der Waals surface area contributed by atoms with E-state index >= 15 is 0 Å². The number of esters is 1. The molecule has 1 amide bonds. The summed E-state index contributed by atoms with van der Waals surface area (Å²) in [5, 5.41) is 11.7. The summed E-state index contributed by atoms with van der Waals surface area (Å²) in [5.41, 5.74) is 3.72. The van der Waals surface area contributed by atoms with Crippen LogP contribution in [0.2, 0.25) is 0 Å². The van der Waals surface area contributed by atoms with E-state index in [2.05, 4.69) is 11.8 Å². The van der Waals surface area contributed by atoms with E-state index in [4.69, 9.17) is 14.5 Å². The lowest BCUT2D eigenvalue weighted by Crippen LogP contribution is -2.48. The molecule has 10 heteroatoms. The number of aromatic nitrogens is 2. The Morgan fingerprint density at radius 3 is 2.61 bits per heavy atom. The van der Waals surface area contributed by atoms with E-state index in [1.165, 1.54) is 32.4 Å². The highest BCUT2D eigenvalue weighted by Crippen LogP contribution is 2.53. The van der Waals surface area contributed by atoms with Gasteiger partial charge in [0, 0.05) is 48.2 Å². The number of fused-ring (bicyclic) bond motifs is 5. The van der Waals surface area contributed by atoms with Gasteiger partial charge in [-0.25, -0.2) is 14.6 Å². The molecule has 2 aromatic heterocycles. The van der Waals surface area contributed by atoms with E-state index in [0.717, 1.165) is 35.2 Å². The van der Waals surface area contributed by atoms with Crippen LogP contribution in [0.25, 0.3) is 17.5 Å². The molecular weight excluding hydrogens is 584 g/mol. The first-order chi connectivity index (χ1) is 22.3. The first kappa shape index (κ1) is 29.6. The molecule has 0 spiro atoms. The minimum Gasteiger partial charge on any atom is -0.458 e. The fraction of sp³-hybridized carbons (Fsp3) is 0.556. The number of carbonyl (C=O) groups excluding carboxylic acids is 2. The van der Waals surface area contributed by atoms with Gasteiger partial charge < -0.3 is 28.9 Å². The summed E-state index contributed by atoms with van der Waals surface area (Å²) in [6.45, 7) is 8.01. The van der Waals surface area contributed by atoms with Gasteiger partial charge in [0.2, 0.25) is 0 Å². The molecule has 46 heavy (non-hydrogen) atoms. The number of nitrogens with zero attached hydrogens (tertiary/aromatic N) is 4. The van der Waals surface area contributed by atoms with Crippen LogP contribution in [0.5, 0.6) is 0 Å². The third kappa shape index (κ3) is 4.67. The Bertz CT molecular complexity index is 1750. The van der Waals surface area contributed by atoms with Crippen molar-refractivity contribution in [3.8, 4) is 11.4 Å². The van der Waals surface area contributed by atoms with Crippen molar-refractivity contribution in [3.63, 3.8) is 0 Å². The quantitative estimate of drug-likeness (QED) is 0.427. The number of likely N-dealkylation sites (tertiary alicyclic amines) is 2. The second-order valence-corrected chi connectivity index (χ2v) is 13.9. The Morgan fingerprint density at radius 1 is 1.13 bits per heavy atom. The summed E-state index contributed by atoms with van der Waals surface area (Å²) in [7, 11) is 0. The number of allylic oxidation sites excluding steroid dienone is 2. The normalized spacial score (nSPS) is 27.2. The zero-order valence-electron chi connectivity index (χ0n) is 26.7.